The van der Waals surface area contributed by atoms with Crippen LogP contribution in [0.4, 0.5) is 0 Å². The lowest BCUT2D eigenvalue weighted by Gasteiger charge is -2.13. The molecular weight excluding hydrogens is 286 g/mol. The molecule has 0 spiro atoms. The van der Waals surface area contributed by atoms with E-state index in [2.05, 4.69) is 28.1 Å². The Morgan fingerprint density at radius 1 is 1.50 bits per heavy atom. The SMILES string of the molecule is CC1SC(Cc2cccc(Br)c2)C(N)C1=O. The van der Waals surface area contributed by atoms with Gasteiger partial charge >= 0.3 is 0 Å². The predicted molar refractivity (Wildman–Crippen MR) is 71.7 cm³/mol. The molecule has 2 N–H and O–H groups in total. The zero-order valence-electron chi connectivity index (χ0n) is 9.02. The molecule has 1 heterocycles. The Morgan fingerprint density at radius 3 is 2.81 bits per heavy atom. The van der Waals surface area contributed by atoms with Gasteiger partial charge in [-0.1, -0.05) is 28.1 Å². The lowest BCUT2D eigenvalue weighted by molar-refractivity contribution is -0.118. The third-order valence-electron chi connectivity index (χ3n) is 2.83. The van der Waals surface area contributed by atoms with Gasteiger partial charge in [-0.3, -0.25) is 4.79 Å². The molecule has 1 aromatic carbocycles. The Balaban J connectivity index is 2.09. The zero-order chi connectivity index (χ0) is 11.7. The van der Waals surface area contributed by atoms with Gasteiger partial charge < -0.3 is 5.73 Å². The molecule has 0 aliphatic carbocycles. The maximum atomic E-state index is 11.6. The van der Waals surface area contributed by atoms with Crippen LogP contribution in [0.1, 0.15) is 12.5 Å². The molecule has 86 valence electrons. The van der Waals surface area contributed by atoms with Crippen LogP contribution in [0.15, 0.2) is 28.7 Å². The standard InChI is InChI=1S/C12H14BrNOS/c1-7-12(15)11(14)10(16-7)6-8-3-2-4-9(13)5-8/h2-5,7,10-11H,6,14H2,1H3. The number of ketones is 1. The fourth-order valence-electron chi connectivity index (χ4n) is 1.94. The van der Waals surface area contributed by atoms with E-state index in [1.165, 1.54) is 5.56 Å². The number of hydrogen-bond donors (Lipinski definition) is 1. The van der Waals surface area contributed by atoms with Gasteiger partial charge in [0.05, 0.1) is 11.3 Å². The highest BCUT2D eigenvalue weighted by atomic mass is 79.9. The van der Waals surface area contributed by atoms with Crippen LogP contribution in [0.5, 0.6) is 0 Å². The molecule has 1 aliphatic rings. The van der Waals surface area contributed by atoms with Crippen LogP contribution in [0.3, 0.4) is 0 Å². The molecule has 2 nitrogen and oxygen atoms in total. The number of nitrogens with two attached hydrogens (primary N) is 1. The summed E-state index contributed by atoms with van der Waals surface area (Å²) in [7, 11) is 0. The summed E-state index contributed by atoms with van der Waals surface area (Å²) in [4.78, 5) is 11.6. The largest absolute Gasteiger partial charge is 0.321 e. The second-order valence-electron chi connectivity index (χ2n) is 4.08. The highest BCUT2D eigenvalue weighted by molar-refractivity contribution is 9.10. The second-order valence-corrected chi connectivity index (χ2v) is 6.58. The van der Waals surface area contributed by atoms with Gasteiger partial charge in [0.15, 0.2) is 5.78 Å². The third kappa shape index (κ3) is 2.50. The van der Waals surface area contributed by atoms with E-state index in [-0.39, 0.29) is 22.3 Å². The Kier molecular flexibility index (Phi) is 3.72. The predicted octanol–water partition coefficient (Wildman–Crippen LogP) is 2.39. The van der Waals surface area contributed by atoms with E-state index in [1.807, 2.05) is 19.1 Å². The van der Waals surface area contributed by atoms with Gasteiger partial charge in [-0.05, 0) is 31.0 Å². The Labute approximate surface area is 108 Å². The molecule has 0 bridgehead atoms. The van der Waals surface area contributed by atoms with E-state index in [0.29, 0.717) is 0 Å². The van der Waals surface area contributed by atoms with Crippen molar-refractivity contribution in [3.05, 3.63) is 34.3 Å². The van der Waals surface area contributed by atoms with Crippen LogP contribution >= 0.6 is 27.7 Å². The minimum Gasteiger partial charge on any atom is -0.321 e. The van der Waals surface area contributed by atoms with Gasteiger partial charge in [-0.25, -0.2) is 0 Å². The van der Waals surface area contributed by atoms with Gasteiger partial charge in [0.1, 0.15) is 0 Å². The second kappa shape index (κ2) is 4.90. The van der Waals surface area contributed by atoms with E-state index in [4.69, 9.17) is 5.73 Å². The molecule has 1 aliphatic heterocycles. The summed E-state index contributed by atoms with van der Waals surface area (Å²) < 4.78 is 1.07. The quantitative estimate of drug-likeness (QED) is 0.912. The van der Waals surface area contributed by atoms with Crippen molar-refractivity contribution in [2.75, 3.05) is 0 Å². The van der Waals surface area contributed by atoms with Crippen molar-refractivity contribution in [2.45, 2.75) is 29.9 Å². The van der Waals surface area contributed by atoms with E-state index in [1.54, 1.807) is 11.8 Å². The minimum absolute atomic E-state index is 0.0483. The van der Waals surface area contributed by atoms with Crippen LogP contribution in [-0.4, -0.2) is 22.3 Å². The molecule has 1 fully saturated rings. The molecule has 1 saturated heterocycles. The van der Waals surface area contributed by atoms with Gasteiger partial charge in [-0.2, -0.15) is 0 Å². The van der Waals surface area contributed by atoms with Crippen molar-refractivity contribution >= 4 is 33.5 Å². The zero-order valence-corrected chi connectivity index (χ0v) is 11.4. The Hall–Kier alpha value is -0.320. The van der Waals surface area contributed by atoms with Crippen molar-refractivity contribution in [3.63, 3.8) is 0 Å². The normalized spacial score (nSPS) is 29.7. The maximum absolute atomic E-state index is 11.6. The molecule has 0 aromatic heterocycles. The first-order valence-electron chi connectivity index (χ1n) is 5.27. The number of hydrogen-bond acceptors (Lipinski definition) is 3. The number of Topliss-reactive ketones (excluding diaryl/α,β-unsaturated/α-hetero) is 1. The Bertz CT molecular complexity index is 410. The van der Waals surface area contributed by atoms with E-state index in [0.717, 1.165) is 10.9 Å². The lowest BCUT2D eigenvalue weighted by Crippen LogP contribution is -2.37. The third-order valence-corrected chi connectivity index (χ3v) is 4.78. The molecular formula is C12H14BrNOS. The fraction of sp³-hybridized carbons (Fsp3) is 0.417. The van der Waals surface area contributed by atoms with Crippen molar-refractivity contribution in [1.29, 1.82) is 0 Å². The first kappa shape index (κ1) is 12.1. The summed E-state index contributed by atoms with van der Waals surface area (Å²) in [5, 5.41) is 0.268. The molecule has 1 aromatic rings. The van der Waals surface area contributed by atoms with E-state index < -0.39 is 0 Å². The minimum atomic E-state index is -0.306. The van der Waals surface area contributed by atoms with Gasteiger partial charge in [0.2, 0.25) is 0 Å². The highest BCUT2D eigenvalue weighted by Gasteiger charge is 2.37. The lowest BCUT2D eigenvalue weighted by atomic mass is 10.0. The first-order chi connectivity index (χ1) is 7.58. The monoisotopic (exact) mass is 299 g/mol. The average molecular weight is 300 g/mol. The van der Waals surface area contributed by atoms with Gasteiger partial charge in [0, 0.05) is 9.72 Å². The summed E-state index contributed by atoms with van der Waals surface area (Å²) >= 11 is 5.14. The van der Waals surface area contributed by atoms with Crippen LogP contribution in [0, 0.1) is 0 Å². The molecule has 0 radical (unpaired) electrons. The number of benzene rings is 1. The van der Waals surface area contributed by atoms with Crippen molar-refractivity contribution in [3.8, 4) is 0 Å². The number of halogens is 1. The van der Waals surface area contributed by atoms with Gasteiger partial charge in [-0.15, -0.1) is 11.8 Å². The van der Waals surface area contributed by atoms with Crippen molar-refractivity contribution in [2.24, 2.45) is 5.73 Å². The van der Waals surface area contributed by atoms with E-state index >= 15 is 0 Å². The smallest absolute Gasteiger partial charge is 0.163 e. The molecule has 3 atom stereocenters. The van der Waals surface area contributed by atoms with Crippen LogP contribution < -0.4 is 5.73 Å². The van der Waals surface area contributed by atoms with Crippen molar-refractivity contribution in [1.82, 2.24) is 0 Å². The first-order valence-corrected chi connectivity index (χ1v) is 7.00. The number of carbonyl (C=O) groups excluding carboxylic acids is 1. The average Bonchev–Trinajstić information content (AvgIpc) is 2.47. The molecule has 0 amide bonds. The van der Waals surface area contributed by atoms with Crippen LogP contribution in [0.25, 0.3) is 0 Å². The summed E-state index contributed by atoms with van der Waals surface area (Å²) in [6, 6.07) is 7.86. The summed E-state index contributed by atoms with van der Waals surface area (Å²) in [5.74, 6) is 0.185. The topological polar surface area (TPSA) is 43.1 Å². The highest BCUT2D eigenvalue weighted by Crippen LogP contribution is 2.32. The number of carbonyl (C=O) groups is 1. The van der Waals surface area contributed by atoms with E-state index in [9.17, 15) is 4.79 Å². The number of rotatable bonds is 2. The number of thioether (sulfide) groups is 1. The summed E-state index contributed by atoms with van der Waals surface area (Å²) in [6.07, 6.45) is 0.862. The maximum Gasteiger partial charge on any atom is 0.163 e. The molecule has 16 heavy (non-hydrogen) atoms. The molecule has 3 unspecified atom stereocenters. The summed E-state index contributed by atoms with van der Waals surface area (Å²) in [6.45, 7) is 1.94. The summed E-state index contributed by atoms with van der Waals surface area (Å²) in [5.41, 5.74) is 7.14. The van der Waals surface area contributed by atoms with Crippen LogP contribution in [0.2, 0.25) is 0 Å². The fourth-order valence-corrected chi connectivity index (χ4v) is 3.79. The van der Waals surface area contributed by atoms with Crippen LogP contribution in [-0.2, 0) is 11.2 Å². The Morgan fingerprint density at radius 2 is 2.25 bits per heavy atom. The molecule has 0 saturated carbocycles. The van der Waals surface area contributed by atoms with Gasteiger partial charge in [0.25, 0.3) is 0 Å². The van der Waals surface area contributed by atoms with Crippen molar-refractivity contribution < 1.29 is 4.79 Å². The molecule has 2 rings (SSSR count). The molecule has 4 heteroatoms.